The molecule has 0 atom stereocenters. The molecule has 2 heterocycles. The SMILES string of the molecule is O=C(O)c1cccc2c1[nH]c(=O)n2CCn1ccnc1. The number of benzene rings is 1. The van der Waals surface area contributed by atoms with E-state index in [2.05, 4.69) is 9.97 Å². The minimum Gasteiger partial charge on any atom is -0.478 e. The van der Waals surface area contributed by atoms with E-state index < -0.39 is 5.97 Å². The lowest BCUT2D eigenvalue weighted by molar-refractivity contribution is 0.0699. The van der Waals surface area contributed by atoms with Gasteiger partial charge in [-0.25, -0.2) is 14.6 Å². The number of hydrogen-bond acceptors (Lipinski definition) is 3. The highest BCUT2D eigenvalue weighted by Gasteiger charge is 2.13. The summed E-state index contributed by atoms with van der Waals surface area (Å²) in [6.45, 7) is 1.03. The summed E-state index contributed by atoms with van der Waals surface area (Å²) in [5.74, 6) is -1.06. The van der Waals surface area contributed by atoms with E-state index in [4.69, 9.17) is 5.11 Å². The second kappa shape index (κ2) is 4.69. The van der Waals surface area contributed by atoms with E-state index in [0.717, 1.165) is 0 Å². The van der Waals surface area contributed by atoms with Gasteiger partial charge in [-0.1, -0.05) is 6.07 Å². The van der Waals surface area contributed by atoms with Crippen molar-refractivity contribution < 1.29 is 9.90 Å². The lowest BCUT2D eigenvalue weighted by Crippen LogP contribution is -2.19. The van der Waals surface area contributed by atoms with Crippen molar-refractivity contribution >= 4 is 17.0 Å². The number of carboxylic acid groups (broad SMARTS) is 1. The van der Waals surface area contributed by atoms with Crippen LogP contribution in [-0.2, 0) is 13.1 Å². The van der Waals surface area contributed by atoms with Crippen LogP contribution < -0.4 is 5.69 Å². The molecule has 0 aliphatic carbocycles. The Bertz CT molecular complexity index is 814. The Labute approximate surface area is 113 Å². The molecule has 0 bridgehead atoms. The topological polar surface area (TPSA) is 92.9 Å². The Balaban J connectivity index is 2.03. The minimum atomic E-state index is -1.06. The number of fused-ring (bicyclic) bond motifs is 1. The third-order valence-corrected chi connectivity index (χ3v) is 3.18. The predicted molar refractivity (Wildman–Crippen MR) is 71.7 cm³/mol. The molecular formula is C13H12N4O3. The van der Waals surface area contributed by atoms with Crippen molar-refractivity contribution in [2.45, 2.75) is 13.1 Å². The zero-order valence-electron chi connectivity index (χ0n) is 10.5. The molecule has 7 heteroatoms. The first-order valence-corrected chi connectivity index (χ1v) is 6.07. The molecule has 1 aromatic carbocycles. The summed E-state index contributed by atoms with van der Waals surface area (Å²) in [5, 5.41) is 9.12. The van der Waals surface area contributed by atoms with E-state index in [9.17, 15) is 9.59 Å². The van der Waals surface area contributed by atoms with Gasteiger partial charge in [0.15, 0.2) is 0 Å². The van der Waals surface area contributed by atoms with Gasteiger partial charge in [0.2, 0.25) is 0 Å². The first kappa shape index (κ1) is 12.2. The maximum Gasteiger partial charge on any atom is 0.337 e. The van der Waals surface area contributed by atoms with Crippen LogP contribution in [0.4, 0.5) is 0 Å². The summed E-state index contributed by atoms with van der Waals surface area (Å²) in [5.41, 5.74) is 0.737. The second-order valence-corrected chi connectivity index (χ2v) is 4.39. The fraction of sp³-hybridized carbons (Fsp3) is 0.154. The molecule has 0 aliphatic heterocycles. The molecule has 0 saturated carbocycles. The van der Waals surface area contributed by atoms with Gasteiger partial charge in [-0.05, 0) is 12.1 Å². The van der Waals surface area contributed by atoms with Crippen LogP contribution in [0.15, 0.2) is 41.7 Å². The summed E-state index contributed by atoms with van der Waals surface area (Å²) < 4.78 is 3.38. The number of aryl methyl sites for hydroxylation is 2. The van der Waals surface area contributed by atoms with Crippen LogP contribution in [0.2, 0.25) is 0 Å². The number of rotatable bonds is 4. The predicted octanol–water partition coefficient (Wildman–Crippen LogP) is 0.924. The van der Waals surface area contributed by atoms with E-state index in [1.165, 1.54) is 10.6 Å². The molecule has 3 rings (SSSR count). The van der Waals surface area contributed by atoms with Crippen molar-refractivity contribution in [3.63, 3.8) is 0 Å². The van der Waals surface area contributed by atoms with Gasteiger partial charge in [-0.2, -0.15) is 0 Å². The Morgan fingerprint density at radius 1 is 1.35 bits per heavy atom. The Kier molecular flexibility index (Phi) is 2.86. The van der Waals surface area contributed by atoms with Crippen molar-refractivity contribution in [3.8, 4) is 0 Å². The zero-order chi connectivity index (χ0) is 14.1. The van der Waals surface area contributed by atoms with Crippen molar-refractivity contribution in [2.24, 2.45) is 0 Å². The summed E-state index contributed by atoms with van der Waals surface area (Å²) >= 11 is 0. The number of nitrogens with zero attached hydrogens (tertiary/aromatic N) is 3. The van der Waals surface area contributed by atoms with Crippen LogP contribution in [0.25, 0.3) is 11.0 Å². The maximum absolute atomic E-state index is 12.0. The van der Waals surface area contributed by atoms with Gasteiger partial charge in [0.05, 0.1) is 22.9 Å². The van der Waals surface area contributed by atoms with Gasteiger partial charge < -0.3 is 14.7 Å². The van der Waals surface area contributed by atoms with Crippen molar-refractivity contribution in [2.75, 3.05) is 0 Å². The number of aromatic carboxylic acids is 1. The summed E-state index contributed by atoms with van der Waals surface area (Å²) in [6, 6.07) is 4.83. The average Bonchev–Trinajstić information content (AvgIpc) is 3.02. The largest absolute Gasteiger partial charge is 0.478 e. The van der Waals surface area contributed by atoms with Crippen LogP contribution in [-0.4, -0.2) is 30.2 Å². The molecule has 0 saturated heterocycles. The van der Waals surface area contributed by atoms with Crippen molar-refractivity contribution in [1.82, 2.24) is 19.1 Å². The van der Waals surface area contributed by atoms with E-state index in [-0.39, 0.29) is 11.3 Å². The number of hydrogen-bond donors (Lipinski definition) is 2. The molecule has 0 fully saturated rings. The third-order valence-electron chi connectivity index (χ3n) is 3.18. The highest BCUT2D eigenvalue weighted by atomic mass is 16.4. The molecule has 2 N–H and O–H groups in total. The highest BCUT2D eigenvalue weighted by molar-refractivity contribution is 6.00. The van der Waals surface area contributed by atoms with Gasteiger partial charge in [-0.3, -0.25) is 4.57 Å². The Morgan fingerprint density at radius 2 is 2.20 bits per heavy atom. The molecule has 102 valence electrons. The van der Waals surface area contributed by atoms with Crippen molar-refractivity contribution in [1.29, 1.82) is 0 Å². The summed E-state index contributed by atoms with van der Waals surface area (Å²) in [7, 11) is 0. The number of imidazole rings is 2. The zero-order valence-corrected chi connectivity index (χ0v) is 10.5. The molecular weight excluding hydrogens is 260 g/mol. The minimum absolute atomic E-state index is 0.0981. The van der Waals surface area contributed by atoms with Gasteiger partial charge >= 0.3 is 11.7 Å². The molecule has 0 spiro atoms. The van der Waals surface area contributed by atoms with Crippen molar-refractivity contribution in [3.05, 3.63) is 53.0 Å². The lowest BCUT2D eigenvalue weighted by Gasteiger charge is -2.04. The number of H-pyrrole nitrogens is 1. The summed E-state index contributed by atoms with van der Waals surface area (Å²) in [4.78, 5) is 29.6. The average molecular weight is 272 g/mol. The van der Waals surface area contributed by atoms with Crippen LogP contribution >= 0.6 is 0 Å². The third kappa shape index (κ3) is 1.99. The van der Waals surface area contributed by atoms with E-state index in [1.807, 2.05) is 10.8 Å². The van der Waals surface area contributed by atoms with Crippen LogP contribution in [0.3, 0.4) is 0 Å². The van der Waals surface area contributed by atoms with Crippen LogP contribution in [0.5, 0.6) is 0 Å². The first-order valence-electron chi connectivity index (χ1n) is 6.07. The maximum atomic E-state index is 12.0. The van der Waals surface area contributed by atoms with Crippen LogP contribution in [0, 0.1) is 0 Å². The molecule has 0 amide bonds. The van der Waals surface area contributed by atoms with Crippen LogP contribution in [0.1, 0.15) is 10.4 Å². The Hall–Kier alpha value is -2.83. The molecule has 7 nitrogen and oxygen atoms in total. The van der Waals surface area contributed by atoms with E-state index in [0.29, 0.717) is 24.1 Å². The monoisotopic (exact) mass is 272 g/mol. The molecule has 0 aliphatic rings. The molecule has 0 radical (unpaired) electrons. The number of nitrogens with one attached hydrogen (secondary N) is 1. The highest BCUT2D eigenvalue weighted by Crippen LogP contribution is 2.15. The molecule has 20 heavy (non-hydrogen) atoms. The smallest absolute Gasteiger partial charge is 0.337 e. The lowest BCUT2D eigenvalue weighted by atomic mass is 10.2. The fourth-order valence-electron chi connectivity index (χ4n) is 2.21. The number of carboxylic acids is 1. The summed E-state index contributed by atoms with van der Waals surface area (Å²) in [6.07, 6.45) is 5.14. The van der Waals surface area contributed by atoms with E-state index >= 15 is 0 Å². The normalized spacial score (nSPS) is 11.0. The standard InChI is InChI=1S/C13H12N4O3/c18-12(19)9-2-1-3-10-11(9)15-13(20)17(10)7-6-16-5-4-14-8-16/h1-5,8H,6-7H2,(H,15,20)(H,18,19). The first-order chi connectivity index (χ1) is 9.66. The molecule has 3 aromatic rings. The second-order valence-electron chi connectivity index (χ2n) is 4.39. The van der Waals surface area contributed by atoms with Gasteiger partial charge in [-0.15, -0.1) is 0 Å². The molecule has 2 aromatic heterocycles. The van der Waals surface area contributed by atoms with Gasteiger partial charge in [0, 0.05) is 25.5 Å². The number of aromatic nitrogens is 4. The number of carbonyl (C=O) groups is 1. The van der Waals surface area contributed by atoms with E-state index in [1.54, 1.807) is 24.7 Å². The molecule has 0 unspecified atom stereocenters. The fourth-order valence-corrected chi connectivity index (χ4v) is 2.21. The number of aromatic amines is 1. The van der Waals surface area contributed by atoms with Gasteiger partial charge in [0.25, 0.3) is 0 Å². The van der Waals surface area contributed by atoms with Gasteiger partial charge in [0.1, 0.15) is 0 Å². The quantitative estimate of drug-likeness (QED) is 0.738. The Morgan fingerprint density at radius 3 is 2.90 bits per heavy atom. The number of para-hydroxylation sites is 1.